The molecule has 1 fully saturated rings. The first-order valence-corrected chi connectivity index (χ1v) is 8.84. The number of nitrogens with zero attached hydrogens (tertiary/aromatic N) is 1. The van der Waals surface area contributed by atoms with Crippen LogP contribution >= 0.6 is 11.9 Å². The molecule has 1 saturated heterocycles. The summed E-state index contributed by atoms with van der Waals surface area (Å²) in [7, 11) is 0. The number of carbonyl (C=O) groups is 1. The lowest BCUT2D eigenvalue weighted by atomic mass is 9.76. The zero-order chi connectivity index (χ0) is 17.1. The summed E-state index contributed by atoms with van der Waals surface area (Å²) in [6.45, 7) is 13.0. The van der Waals surface area contributed by atoms with Gasteiger partial charge in [-0.1, -0.05) is 24.8 Å². The first-order valence-electron chi connectivity index (χ1n) is 8.07. The third-order valence-electron chi connectivity index (χ3n) is 4.24. The lowest BCUT2D eigenvalue weighted by Crippen LogP contribution is -2.57. The van der Waals surface area contributed by atoms with Crippen molar-refractivity contribution < 1.29 is 9.53 Å². The normalized spacial score (nSPS) is 20.9. The van der Waals surface area contributed by atoms with Gasteiger partial charge in [0.05, 0.1) is 6.61 Å². The Morgan fingerprint density at radius 1 is 1.26 bits per heavy atom. The summed E-state index contributed by atoms with van der Waals surface area (Å²) in [5.41, 5.74) is 0.0427. The molecule has 1 aliphatic rings. The van der Waals surface area contributed by atoms with Gasteiger partial charge in [0.15, 0.2) is 0 Å². The number of ether oxygens (including phenoxy) is 1. The fraction of sp³-hybridized carbons (Fsp3) is 0.526. The monoisotopic (exact) mass is 333 g/mol. The van der Waals surface area contributed by atoms with E-state index in [4.69, 9.17) is 4.74 Å². The Kier molecular flexibility index (Phi) is 5.58. The number of hydrogen-bond donors (Lipinski definition) is 0. The molecule has 0 aliphatic carbocycles. The Morgan fingerprint density at radius 3 is 2.35 bits per heavy atom. The van der Waals surface area contributed by atoms with Gasteiger partial charge in [0.25, 0.3) is 0 Å². The lowest BCUT2D eigenvalue weighted by Gasteiger charge is -2.54. The van der Waals surface area contributed by atoms with E-state index in [-0.39, 0.29) is 17.0 Å². The van der Waals surface area contributed by atoms with Gasteiger partial charge in [-0.15, -0.1) is 0 Å². The summed E-state index contributed by atoms with van der Waals surface area (Å²) in [4.78, 5) is 12.6. The van der Waals surface area contributed by atoms with Crippen LogP contribution < -0.4 is 0 Å². The maximum absolute atomic E-state index is 11.3. The minimum Gasteiger partial charge on any atom is -0.462 e. The van der Waals surface area contributed by atoms with Crippen molar-refractivity contribution in [3.8, 4) is 0 Å². The molecule has 1 aromatic carbocycles. The van der Waals surface area contributed by atoms with Crippen LogP contribution in [-0.4, -0.2) is 28.0 Å². The molecular formula is C19H27NO2S. The quantitative estimate of drug-likeness (QED) is 0.444. The van der Waals surface area contributed by atoms with Crippen LogP contribution in [0.1, 0.15) is 40.5 Å². The number of carbonyl (C=O) groups excluding carboxylic acids is 1. The Hall–Kier alpha value is -1.26. The van der Waals surface area contributed by atoms with Crippen LogP contribution in [0.15, 0.2) is 47.9 Å². The molecule has 0 N–H and O–H groups in total. The van der Waals surface area contributed by atoms with Crippen LogP contribution in [0.3, 0.4) is 0 Å². The highest BCUT2D eigenvalue weighted by molar-refractivity contribution is 7.97. The Bertz CT molecular complexity index is 536. The van der Waals surface area contributed by atoms with E-state index in [0.717, 1.165) is 12.8 Å². The van der Waals surface area contributed by atoms with Gasteiger partial charge < -0.3 is 4.74 Å². The molecule has 0 unspecified atom stereocenters. The second-order valence-electron chi connectivity index (χ2n) is 7.43. The van der Waals surface area contributed by atoms with Gasteiger partial charge in [0.1, 0.15) is 0 Å². The lowest BCUT2D eigenvalue weighted by molar-refractivity contribution is -0.140. The largest absolute Gasteiger partial charge is 0.462 e. The summed E-state index contributed by atoms with van der Waals surface area (Å²) >= 11 is 1.82. The molecule has 23 heavy (non-hydrogen) atoms. The number of benzene rings is 1. The van der Waals surface area contributed by atoms with Crippen molar-refractivity contribution in [3.05, 3.63) is 43.0 Å². The maximum Gasteiger partial charge on any atom is 0.330 e. The molecule has 2 rings (SSSR count). The molecule has 0 radical (unpaired) electrons. The number of hydrogen-bond acceptors (Lipinski definition) is 4. The standard InChI is InChI=1S/C19H27NO2S/c1-6-17(21)22-14-15-12-18(2,3)20(19(4,5)13-15)23-16-10-8-7-9-11-16/h6-11,15H,1,12-14H2,2-5H3. The van der Waals surface area contributed by atoms with Crippen LogP contribution in [0.5, 0.6) is 0 Å². The molecule has 4 heteroatoms. The van der Waals surface area contributed by atoms with E-state index >= 15 is 0 Å². The highest BCUT2D eigenvalue weighted by atomic mass is 32.2. The van der Waals surface area contributed by atoms with Gasteiger partial charge >= 0.3 is 5.97 Å². The average molecular weight is 333 g/mol. The highest BCUT2D eigenvalue weighted by Gasteiger charge is 2.46. The van der Waals surface area contributed by atoms with Crippen LogP contribution in [0.4, 0.5) is 0 Å². The Morgan fingerprint density at radius 2 is 1.83 bits per heavy atom. The van der Waals surface area contributed by atoms with E-state index in [2.05, 4.69) is 62.8 Å². The van der Waals surface area contributed by atoms with Crippen LogP contribution in [0.25, 0.3) is 0 Å². The second-order valence-corrected chi connectivity index (χ2v) is 8.45. The maximum atomic E-state index is 11.3. The molecule has 0 aromatic heterocycles. The number of rotatable bonds is 5. The zero-order valence-electron chi connectivity index (χ0n) is 14.5. The summed E-state index contributed by atoms with van der Waals surface area (Å²) in [6.07, 6.45) is 3.23. The van der Waals surface area contributed by atoms with Gasteiger partial charge in [0.2, 0.25) is 0 Å². The molecule has 1 aliphatic heterocycles. The SMILES string of the molecule is C=CC(=O)OCC1CC(C)(C)N(Sc2ccccc2)C(C)(C)C1. The van der Waals surface area contributed by atoms with Gasteiger partial charge in [-0.2, -0.15) is 0 Å². The van der Waals surface area contributed by atoms with Crippen molar-refractivity contribution in [1.29, 1.82) is 0 Å². The third kappa shape index (κ3) is 4.61. The molecule has 126 valence electrons. The molecule has 0 atom stereocenters. The van der Waals surface area contributed by atoms with Gasteiger partial charge in [0, 0.05) is 22.0 Å². The molecule has 1 aromatic rings. The fourth-order valence-corrected chi connectivity index (χ4v) is 4.81. The number of piperidine rings is 1. The van der Waals surface area contributed by atoms with Gasteiger partial charge in [-0.25, -0.2) is 9.10 Å². The van der Waals surface area contributed by atoms with Gasteiger partial charge in [-0.05, 0) is 70.5 Å². The molecule has 3 nitrogen and oxygen atoms in total. The summed E-state index contributed by atoms with van der Waals surface area (Å²) in [6, 6.07) is 10.5. The van der Waals surface area contributed by atoms with Crippen molar-refractivity contribution in [2.45, 2.75) is 56.5 Å². The van der Waals surface area contributed by atoms with E-state index in [1.807, 2.05) is 18.0 Å². The van der Waals surface area contributed by atoms with Gasteiger partial charge in [-0.3, -0.25) is 0 Å². The summed E-state index contributed by atoms with van der Waals surface area (Å²) in [5, 5.41) is 0. The molecule has 1 heterocycles. The summed E-state index contributed by atoms with van der Waals surface area (Å²) < 4.78 is 7.79. The van der Waals surface area contributed by atoms with E-state index in [0.29, 0.717) is 12.5 Å². The zero-order valence-corrected chi connectivity index (χ0v) is 15.4. The van der Waals surface area contributed by atoms with Crippen LogP contribution in [-0.2, 0) is 9.53 Å². The predicted octanol–water partition coefficient (Wildman–Crippen LogP) is 4.69. The van der Waals surface area contributed by atoms with Crippen LogP contribution in [0, 0.1) is 5.92 Å². The molecule has 0 bridgehead atoms. The van der Waals surface area contributed by atoms with Crippen molar-refractivity contribution >= 4 is 17.9 Å². The smallest absolute Gasteiger partial charge is 0.330 e. The highest BCUT2D eigenvalue weighted by Crippen LogP contribution is 2.47. The van der Waals surface area contributed by atoms with Crippen molar-refractivity contribution in [3.63, 3.8) is 0 Å². The molecule has 0 spiro atoms. The predicted molar refractivity (Wildman–Crippen MR) is 96.2 cm³/mol. The fourth-order valence-electron chi connectivity index (χ4n) is 3.68. The van der Waals surface area contributed by atoms with Crippen molar-refractivity contribution in [2.24, 2.45) is 5.92 Å². The van der Waals surface area contributed by atoms with E-state index in [1.54, 1.807) is 0 Å². The van der Waals surface area contributed by atoms with E-state index in [9.17, 15) is 4.79 Å². The Labute approximate surface area is 144 Å². The van der Waals surface area contributed by atoms with Crippen LogP contribution in [0.2, 0.25) is 0 Å². The number of esters is 1. The van der Waals surface area contributed by atoms with E-state index in [1.165, 1.54) is 11.0 Å². The minimum absolute atomic E-state index is 0.0213. The first kappa shape index (κ1) is 18.1. The van der Waals surface area contributed by atoms with Crippen molar-refractivity contribution in [1.82, 2.24) is 4.31 Å². The molecule has 0 amide bonds. The second kappa shape index (κ2) is 7.10. The summed E-state index contributed by atoms with van der Waals surface area (Å²) in [5.74, 6) is 0.0400. The minimum atomic E-state index is -0.332. The topological polar surface area (TPSA) is 29.5 Å². The average Bonchev–Trinajstić information content (AvgIpc) is 2.49. The first-order chi connectivity index (χ1) is 10.7. The van der Waals surface area contributed by atoms with E-state index < -0.39 is 0 Å². The molecule has 0 saturated carbocycles. The third-order valence-corrected chi connectivity index (χ3v) is 5.90. The van der Waals surface area contributed by atoms with Crippen molar-refractivity contribution in [2.75, 3.05) is 6.61 Å². The molecular weight excluding hydrogens is 306 g/mol. The Balaban J connectivity index is 2.10.